The summed E-state index contributed by atoms with van der Waals surface area (Å²) in [6.07, 6.45) is -1.42. The number of anilines is 1. The Morgan fingerprint density at radius 3 is 2.02 bits per heavy atom. The van der Waals surface area contributed by atoms with Gasteiger partial charge in [-0.15, -0.1) is 0 Å². The van der Waals surface area contributed by atoms with Gasteiger partial charge in [0.15, 0.2) is 0 Å². The molecule has 2 aliphatic rings. The summed E-state index contributed by atoms with van der Waals surface area (Å²) in [7, 11) is 0. The molecule has 0 bridgehead atoms. The van der Waals surface area contributed by atoms with Crippen LogP contribution in [0, 0.1) is 5.82 Å². The minimum Gasteiger partial charge on any atom is -0.464 e. The first kappa shape index (κ1) is 28.7. The molecule has 3 aromatic rings. The van der Waals surface area contributed by atoms with Crippen LogP contribution in [0.5, 0.6) is 0 Å². The van der Waals surface area contributed by atoms with Gasteiger partial charge >= 0.3 is 12.1 Å². The van der Waals surface area contributed by atoms with Gasteiger partial charge in [-0.1, -0.05) is 42.5 Å². The van der Waals surface area contributed by atoms with Gasteiger partial charge < -0.3 is 9.47 Å². The van der Waals surface area contributed by atoms with Gasteiger partial charge in [0.25, 0.3) is 17.7 Å². The lowest BCUT2D eigenvalue weighted by atomic mass is 9.70. The molecule has 0 spiro atoms. The number of ether oxygens (including phenoxy) is 2. The first-order valence-corrected chi connectivity index (χ1v) is 13.5. The summed E-state index contributed by atoms with van der Waals surface area (Å²) >= 11 is 0. The van der Waals surface area contributed by atoms with Gasteiger partial charge in [-0.05, 0) is 69.2 Å². The lowest BCUT2D eigenvalue weighted by Crippen LogP contribution is -2.53. The van der Waals surface area contributed by atoms with Gasteiger partial charge in [0.2, 0.25) is 0 Å². The number of hydrogen-bond donors (Lipinski definition) is 0. The predicted octanol–water partition coefficient (Wildman–Crippen LogP) is 5.01. The fourth-order valence-electron chi connectivity index (χ4n) is 5.56. The molecule has 10 heteroatoms. The molecule has 216 valence electrons. The molecule has 0 unspecified atom stereocenters. The van der Waals surface area contributed by atoms with Crippen LogP contribution in [0.4, 0.5) is 14.9 Å². The Balaban J connectivity index is 1.72. The van der Waals surface area contributed by atoms with Crippen LogP contribution < -0.4 is 4.90 Å². The van der Waals surface area contributed by atoms with E-state index >= 15 is 0 Å². The van der Waals surface area contributed by atoms with E-state index in [4.69, 9.17) is 9.47 Å². The highest BCUT2D eigenvalue weighted by Crippen LogP contribution is 2.50. The van der Waals surface area contributed by atoms with E-state index < -0.39 is 59.1 Å². The fourth-order valence-corrected chi connectivity index (χ4v) is 5.56. The molecule has 0 aromatic heterocycles. The largest absolute Gasteiger partial charge is 0.464 e. The number of nitrogens with zero attached hydrogens (tertiary/aromatic N) is 2. The topological polar surface area (TPSA) is 110 Å². The molecule has 0 fully saturated rings. The summed E-state index contributed by atoms with van der Waals surface area (Å²) in [5.74, 6) is -3.69. The highest BCUT2D eigenvalue weighted by molar-refractivity contribution is 6.24. The Bertz CT molecular complexity index is 1580. The van der Waals surface area contributed by atoms with Crippen molar-refractivity contribution in [3.05, 3.63) is 101 Å². The van der Waals surface area contributed by atoms with E-state index in [0.29, 0.717) is 5.56 Å². The minimum absolute atomic E-state index is 0.0589. The van der Waals surface area contributed by atoms with Crippen molar-refractivity contribution < 1.29 is 37.8 Å². The number of fused-ring (bicyclic) bond motifs is 2. The molecular weight excluding hydrogens is 543 g/mol. The van der Waals surface area contributed by atoms with Crippen molar-refractivity contribution in [3.63, 3.8) is 0 Å². The Labute approximate surface area is 241 Å². The fraction of sp³-hybridized carbons (Fsp3) is 0.281. The normalized spacial score (nSPS) is 18.5. The van der Waals surface area contributed by atoms with Crippen molar-refractivity contribution in [3.8, 4) is 0 Å². The van der Waals surface area contributed by atoms with Crippen molar-refractivity contribution in [1.82, 2.24) is 4.90 Å². The van der Waals surface area contributed by atoms with E-state index in [1.54, 1.807) is 64.1 Å². The molecule has 0 saturated heterocycles. The van der Waals surface area contributed by atoms with Crippen molar-refractivity contribution in [2.45, 2.75) is 51.2 Å². The summed E-state index contributed by atoms with van der Waals surface area (Å²) < 4.78 is 25.0. The molecule has 2 heterocycles. The Hall–Kier alpha value is -4.86. The number of benzene rings is 3. The first-order chi connectivity index (χ1) is 19.9. The monoisotopic (exact) mass is 572 g/mol. The standard InChI is InChI=1S/C32H29FN2O7/c1-5-41-28(38)25(34-26(36)21-10-6-7-11-22(21)27(34)37)18-32(19-14-16-20(33)17-15-19)23-12-8-9-13-24(23)35(29(32)39)30(40)42-31(2,3)4/h6-17,25H,5,18H2,1-4H3/t25-,32-/m0/s1. The Kier molecular flexibility index (Phi) is 7.18. The quantitative estimate of drug-likeness (QED) is 0.302. The molecular formula is C32H29FN2O7. The van der Waals surface area contributed by atoms with E-state index in [1.807, 2.05) is 0 Å². The summed E-state index contributed by atoms with van der Waals surface area (Å²) in [6.45, 7) is 6.49. The third kappa shape index (κ3) is 4.62. The highest BCUT2D eigenvalue weighted by Gasteiger charge is 2.58. The Morgan fingerprint density at radius 2 is 1.45 bits per heavy atom. The Morgan fingerprint density at radius 1 is 0.881 bits per heavy atom. The third-order valence-corrected chi connectivity index (χ3v) is 7.28. The second-order valence-corrected chi connectivity index (χ2v) is 11.0. The number of esters is 1. The maximum atomic E-state index is 14.6. The maximum absolute atomic E-state index is 14.6. The lowest BCUT2D eigenvalue weighted by molar-refractivity contribution is -0.148. The van der Waals surface area contributed by atoms with Gasteiger partial charge in [0.05, 0.1) is 23.4 Å². The second-order valence-electron chi connectivity index (χ2n) is 11.0. The van der Waals surface area contributed by atoms with E-state index in [0.717, 1.165) is 21.9 Å². The van der Waals surface area contributed by atoms with Gasteiger partial charge in [-0.25, -0.2) is 18.9 Å². The SMILES string of the molecule is CCOC(=O)[C@H](C[C@@]1(c2ccc(F)cc2)C(=O)N(C(=O)OC(C)(C)C)c2ccccc21)N1C(=O)c2ccccc2C1=O. The van der Waals surface area contributed by atoms with Crippen LogP contribution in [-0.4, -0.2) is 52.9 Å². The molecule has 0 aliphatic carbocycles. The number of carbonyl (C=O) groups excluding carboxylic acids is 5. The summed E-state index contributed by atoms with van der Waals surface area (Å²) in [4.78, 5) is 70.4. The molecule has 0 radical (unpaired) electrons. The first-order valence-electron chi connectivity index (χ1n) is 13.5. The van der Waals surface area contributed by atoms with Gasteiger partial charge in [0, 0.05) is 6.42 Å². The summed E-state index contributed by atoms with van der Waals surface area (Å²) in [5, 5.41) is 0. The van der Waals surface area contributed by atoms with E-state index in [9.17, 15) is 28.4 Å². The predicted molar refractivity (Wildman–Crippen MR) is 149 cm³/mol. The number of imide groups is 2. The molecule has 4 amide bonds. The molecule has 3 aromatic carbocycles. The van der Waals surface area contributed by atoms with Crippen LogP contribution in [0.2, 0.25) is 0 Å². The minimum atomic E-state index is -1.81. The van der Waals surface area contributed by atoms with Gasteiger partial charge in [-0.3, -0.25) is 19.3 Å². The molecule has 42 heavy (non-hydrogen) atoms. The second kappa shape index (κ2) is 10.5. The highest BCUT2D eigenvalue weighted by atomic mass is 19.1. The van der Waals surface area contributed by atoms with Gasteiger partial charge in [-0.2, -0.15) is 0 Å². The van der Waals surface area contributed by atoms with E-state index in [2.05, 4.69) is 0 Å². The number of rotatable bonds is 6. The zero-order valence-corrected chi connectivity index (χ0v) is 23.5. The van der Waals surface area contributed by atoms with E-state index in [1.165, 1.54) is 24.3 Å². The van der Waals surface area contributed by atoms with Crippen LogP contribution in [0.15, 0.2) is 72.8 Å². The maximum Gasteiger partial charge on any atom is 0.421 e. The zero-order chi connectivity index (χ0) is 30.4. The molecule has 0 N–H and O–H groups in total. The van der Waals surface area contributed by atoms with Crippen molar-refractivity contribution in [1.29, 1.82) is 0 Å². The van der Waals surface area contributed by atoms with Crippen LogP contribution in [0.1, 0.15) is 66.0 Å². The van der Waals surface area contributed by atoms with Crippen LogP contribution in [0.3, 0.4) is 0 Å². The number of hydrogen-bond acceptors (Lipinski definition) is 7. The number of para-hydroxylation sites is 1. The number of carbonyl (C=O) groups is 5. The average Bonchev–Trinajstić information content (AvgIpc) is 3.34. The van der Waals surface area contributed by atoms with E-state index in [-0.39, 0.29) is 29.0 Å². The van der Waals surface area contributed by atoms with Crippen molar-refractivity contribution >= 4 is 35.5 Å². The molecule has 0 saturated carbocycles. The van der Waals surface area contributed by atoms with Crippen LogP contribution >= 0.6 is 0 Å². The number of amides is 4. The molecule has 2 aliphatic heterocycles. The van der Waals surface area contributed by atoms with Crippen LogP contribution in [-0.2, 0) is 24.5 Å². The lowest BCUT2D eigenvalue weighted by Gasteiger charge is -2.35. The van der Waals surface area contributed by atoms with Crippen molar-refractivity contribution in [2.24, 2.45) is 0 Å². The summed E-state index contributed by atoms with van der Waals surface area (Å²) in [5.41, 5.74) is -1.76. The average molecular weight is 573 g/mol. The van der Waals surface area contributed by atoms with Gasteiger partial charge in [0.1, 0.15) is 22.9 Å². The van der Waals surface area contributed by atoms with Crippen molar-refractivity contribution in [2.75, 3.05) is 11.5 Å². The molecule has 2 atom stereocenters. The third-order valence-electron chi connectivity index (χ3n) is 7.28. The molecule has 9 nitrogen and oxygen atoms in total. The summed E-state index contributed by atoms with van der Waals surface area (Å²) in [6, 6.07) is 16.1. The van der Waals surface area contributed by atoms with Crippen LogP contribution in [0.25, 0.3) is 0 Å². The number of halogens is 1. The molecule has 5 rings (SSSR count). The smallest absolute Gasteiger partial charge is 0.421 e. The zero-order valence-electron chi connectivity index (χ0n) is 23.5.